The van der Waals surface area contributed by atoms with E-state index in [1.54, 1.807) is 0 Å². The lowest BCUT2D eigenvalue weighted by atomic mass is 10.0. The van der Waals surface area contributed by atoms with Crippen molar-refractivity contribution in [1.82, 2.24) is 4.90 Å². The lowest BCUT2D eigenvalue weighted by Gasteiger charge is -2.36. The standard InChI is InChI=1S/C25H32ClN3O2/c1-17-5-4-6-23(24(17)26)29-12-10-28(11-13-29)9-2-3-14-31-18-7-8-19-20-16-21(20)25(30)27-22(19)15-18/h4-8,15,20-21,25,27,30H,2-3,9-14,16H2,1H3. The lowest BCUT2D eigenvalue weighted by Crippen LogP contribution is -2.46. The maximum atomic E-state index is 10.1. The Kier molecular flexibility index (Phi) is 6.00. The quantitative estimate of drug-likeness (QED) is 0.620. The van der Waals surface area contributed by atoms with Gasteiger partial charge in [-0.25, -0.2) is 0 Å². The first-order valence-corrected chi connectivity index (χ1v) is 11.9. The highest BCUT2D eigenvalue weighted by Crippen LogP contribution is 2.55. The van der Waals surface area contributed by atoms with E-state index in [1.165, 1.54) is 11.3 Å². The summed E-state index contributed by atoms with van der Waals surface area (Å²) in [5.74, 6) is 1.82. The van der Waals surface area contributed by atoms with Crippen LogP contribution in [0.3, 0.4) is 0 Å². The van der Waals surface area contributed by atoms with Crippen LogP contribution in [0.25, 0.3) is 0 Å². The fourth-order valence-electron chi connectivity index (χ4n) is 4.98. The van der Waals surface area contributed by atoms with E-state index < -0.39 is 6.23 Å². The van der Waals surface area contributed by atoms with Gasteiger partial charge in [0.25, 0.3) is 0 Å². The van der Waals surface area contributed by atoms with Crippen LogP contribution >= 0.6 is 11.6 Å². The van der Waals surface area contributed by atoms with E-state index in [0.717, 1.165) is 80.6 Å². The zero-order valence-electron chi connectivity index (χ0n) is 18.2. The van der Waals surface area contributed by atoms with Crippen molar-refractivity contribution in [3.8, 4) is 5.75 Å². The summed E-state index contributed by atoms with van der Waals surface area (Å²) in [6.45, 7) is 8.10. The third kappa shape index (κ3) is 4.50. The van der Waals surface area contributed by atoms with E-state index >= 15 is 0 Å². The van der Waals surface area contributed by atoms with Crippen LogP contribution in [0.1, 0.15) is 36.3 Å². The van der Waals surface area contributed by atoms with Crippen molar-refractivity contribution in [3.05, 3.63) is 52.5 Å². The molecule has 2 aromatic rings. The molecule has 2 aliphatic heterocycles. The van der Waals surface area contributed by atoms with Gasteiger partial charge in [-0.3, -0.25) is 4.90 Å². The van der Waals surface area contributed by atoms with Gasteiger partial charge in [-0.1, -0.05) is 29.8 Å². The fourth-order valence-corrected chi connectivity index (χ4v) is 5.22. The Morgan fingerprint density at radius 3 is 2.81 bits per heavy atom. The summed E-state index contributed by atoms with van der Waals surface area (Å²) in [7, 11) is 0. The highest BCUT2D eigenvalue weighted by atomic mass is 35.5. The second kappa shape index (κ2) is 8.89. The Morgan fingerprint density at radius 2 is 1.97 bits per heavy atom. The van der Waals surface area contributed by atoms with Gasteiger partial charge in [-0.2, -0.15) is 0 Å². The summed E-state index contributed by atoms with van der Waals surface area (Å²) in [4.78, 5) is 4.94. The number of hydrogen-bond acceptors (Lipinski definition) is 5. The number of nitrogens with one attached hydrogen (secondary N) is 1. The zero-order chi connectivity index (χ0) is 21.4. The average Bonchev–Trinajstić information content (AvgIpc) is 3.58. The summed E-state index contributed by atoms with van der Waals surface area (Å²) < 4.78 is 5.98. The van der Waals surface area contributed by atoms with Crippen molar-refractivity contribution >= 4 is 23.0 Å². The topological polar surface area (TPSA) is 48.0 Å². The van der Waals surface area contributed by atoms with Crippen molar-refractivity contribution in [2.24, 2.45) is 5.92 Å². The minimum absolute atomic E-state index is 0.398. The van der Waals surface area contributed by atoms with Gasteiger partial charge in [-0.05, 0) is 61.9 Å². The molecule has 2 fully saturated rings. The number of halogens is 1. The number of hydrogen-bond donors (Lipinski definition) is 2. The minimum atomic E-state index is -0.407. The number of benzene rings is 2. The molecule has 0 radical (unpaired) electrons. The molecule has 3 aliphatic rings. The highest BCUT2D eigenvalue weighted by Gasteiger charge is 2.47. The van der Waals surface area contributed by atoms with E-state index in [4.69, 9.17) is 16.3 Å². The molecular formula is C25H32ClN3O2. The molecule has 31 heavy (non-hydrogen) atoms. The Morgan fingerprint density at radius 1 is 1.13 bits per heavy atom. The van der Waals surface area contributed by atoms with Crippen molar-refractivity contribution in [2.45, 2.75) is 38.3 Å². The number of fused-ring (bicyclic) bond motifs is 3. The SMILES string of the molecule is Cc1cccc(N2CCN(CCCCOc3ccc4c(c3)NC(O)C3CC43)CC2)c1Cl. The molecule has 1 aliphatic carbocycles. The minimum Gasteiger partial charge on any atom is -0.494 e. The van der Waals surface area contributed by atoms with Crippen LogP contribution < -0.4 is 15.0 Å². The van der Waals surface area contributed by atoms with E-state index in [2.05, 4.69) is 52.4 Å². The van der Waals surface area contributed by atoms with Gasteiger partial charge < -0.3 is 20.1 Å². The van der Waals surface area contributed by atoms with E-state index in [-0.39, 0.29) is 0 Å². The normalized spacial score (nSPS) is 24.9. The molecule has 3 unspecified atom stereocenters. The van der Waals surface area contributed by atoms with Gasteiger partial charge in [0.15, 0.2) is 0 Å². The summed E-state index contributed by atoms with van der Waals surface area (Å²) in [5.41, 5.74) is 4.67. The number of nitrogens with zero attached hydrogens (tertiary/aromatic N) is 2. The van der Waals surface area contributed by atoms with Crippen LogP contribution in [0.4, 0.5) is 11.4 Å². The van der Waals surface area contributed by atoms with E-state index in [1.807, 2.05) is 6.07 Å². The molecule has 0 bridgehead atoms. The zero-order valence-corrected chi connectivity index (χ0v) is 18.9. The lowest BCUT2D eigenvalue weighted by molar-refractivity contribution is 0.174. The first-order chi connectivity index (χ1) is 15.1. The summed E-state index contributed by atoms with van der Waals surface area (Å²) >= 11 is 6.50. The van der Waals surface area contributed by atoms with Gasteiger partial charge >= 0.3 is 0 Å². The molecule has 1 saturated carbocycles. The van der Waals surface area contributed by atoms with Crippen LogP contribution in [0, 0.1) is 12.8 Å². The Balaban J connectivity index is 1.02. The molecule has 5 rings (SSSR count). The molecule has 6 heteroatoms. The second-order valence-corrected chi connectivity index (χ2v) is 9.51. The maximum absolute atomic E-state index is 10.1. The van der Waals surface area contributed by atoms with Crippen molar-refractivity contribution in [2.75, 3.05) is 49.5 Å². The van der Waals surface area contributed by atoms with Crippen LogP contribution in [0.5, 0.6) is 5.75 Å². The Hall–Kier alpha value is -1.95. The average molecular weight is 442 g/mol. The number of aryl methyl sites for hydroxylation is 1. The summed E-state index contributed by atoms with van der Waals surface area (Å²) in [6.07, 6.45) is 2.86. The number of ether oxygens (including phenoxy) is 1. The van der Waals surface area contributed by atoms with Crippen LogP contribution in [-0.4, -0.2) is 55.6 Å². The van der Waals surface area contributed by atoms with Gasteiger partial charge in [0.05, 0.1) is 17.3 Å². The molecule has 0 aromatic heterocycles. The largest absolute Gasteiger partial charge is 0.494 e. The number of aliphatic hydroxyl groups excluding tert-OH is 1. The van der Waals surface area contributed by atoms with Crippen molar-refractivity contribution in [3.63, 3.8) is 0 Å². The summed E-state index contributed by atoms with van der Waals surface area (Å²) in [5, 5.41) is 14.2. The number of piperazine rings is 1. The van der Waals surface area contributed by atoms with Gasteiger partial charge in [0, 0.05) is 43.9 Å². The predicted molar refractivity (Wildman–Crippen MR) is 126 cm³/mol. The molecule has 0 amide bonds. The Labute approximate surface area is 189 Å². The third-order valence-electron chi connectivity index (χ3n) is 6.99. The molecule has 166 valence electrons. The highest BCUT2D eigenvalue weighted by molar-refractivity contribution is 6.34. The molecule has 2 heterocycles. The first kappa shape index (κ1) is 20.9. The number of aliphatic hydroxyl groups is 1. The molecule has 2 N–H and O–H groups in total. The van der Waals surface area contributed by atoms with Crippen molar-refractivity contribution in [1.29, 1.82) is 0 Å². The van der Waals surface area contributed by atoms with E-state index in [9.17, 15) is 5.11 Å². The van der Waals surface area contributed by atoms with Crippen LogP contribution in [-0.2, 0) is 0 Å². The smallest absolute Gasteiger partial charge is 0.127 e. The van der Waals surface area contributed by atoms with Crippen molar-refractivity contribution < 1.29 is 9.84 Å². The third-order valence-corrected chi connectivity index (χ3v) is 7.49. The summed E-state index contributed by atoms with van der Waals surface area (Å²) in [6, 6.07) is 12.6. The number of anilines is 2. The number of unbranched alkanes of at least 4 members (excludes halogenated alkanes) is 1. The molecule has 3 atom stereocenters. The fraction of sp³-hybridized carbons (Fsp3) is 0.520. The second-order valence-electron chi connectivity index (χ2n) is 9.14. The first-order valence-electron chi connectivity index (χ1n) is 11.5. The molecule has 1 saturated heterocycles. The molecule has 5 nitrogen and oxygen atoms in total. The van der Waals surface area contributed by atoms with E-state index in [0.29, 0.717) is 11.8 Å². The molecular weight excluding hydrogens is 410 g/mol. The molecule has 0 spiro atoms. The molecule has 2 aromatic carbocycles. The van der Waals surface area contributed by atoms with Gasteiger partial charge in [0.2, 0.25) is 0 Å². The Bertz CT molecular complexity index is 929. The monoisotopic (exact) mass is 441 g/mol. The van der Waals surface area contributed by atoms with Crippen LogP contribution in [0.15, 0.2) is 36.4 Å². The predicted octanol–water partition coefficient (Wildman–Crippen LogP) is 4.48. The van der Waals surface area contributed by atoms with Gasteiger partial charge in [-0.15, -0.1) is 0 Å². The van der Waals surface area contributed by atoms with Gasteiger partial charge in [0.1, 0.15) is 12.0 Å². The van der Waals surface area contributed by atoms with Crippen LogP contribution in [0.2, 0.25) is 5.02 Å². The number of rotatable bonds is 7. The maximum Gasteiger partial charge on any atom is 0.127 e.